The zero-order valence-electron chi connectivity index (χ0n) is 20.4. The fourth-order valence-corrected chi connectivity index (χ4v) is 5.09. The Morgan fingerprint density at radius 3 is 2.78 bits per heavy atom. The number of aliphatic hydroxyl groups is 1. The van der Waals surface area contributed by atoms with Gasteiger partial charge >= 0.3 is 0 Å². The van der Waals surface area contributed by atoms with Gasteiger partial charge in [-0.25, -0.2) is 9.37 Å². The van der Waals surface area contributed by atoms with E-state index in [4.69, 9.17) is 10.7 Å². The number of likely N-dealkylation sites (tertiary alicyclic amines) is 1. The van der Waals surface area contributed by atoms with Crippen molar-refractivity contribution in [2.75, 3.05) is 25.4 Å². The summed E-state index contributed by atoms with van der Waals surface area (Å²) in [5.74, 6) is -0.0454. The third-order valence-electron chi connectivity index (χ3n) is 7.14. The SMILES string of the molecule is Cc1cn(C2CCN(C(=O)CO)CC2)c2ncc(C3=CC4CC(F)=CC=C4N=C3)cnn(C)c(N)c12. The molecule has 3 aliphatic rings. The Kier molecular flexibility index (Phi) is 6.44. The molecule has 0 bridgehead atoms. The number of aliphatic hydroxyl groups excluding tert-OH is 1. The van der Waals surface area contributed by atoms with E-state index in [9.17, 15) is 14.3 Å². The number of rotatable bonds is 3. The maximum atomic E-state index is 13.9. The van der Waals surface area contributed by atoms with Crippen molar-refractivity contribution in [3.05, 3.63) is 59.5 Å². The van der Waals surface area contributed by atoms with Gasteiger partial charge in [0.15, 0.2) is 0 Å². The Bertz CT molecular complexity index is 1390. The fraction of sp³-hybridized carbons (Fsp3) is 0.385. The lowest BCUT2D eigenvalue weighted by molar-refractivity contribution is -0.135. The van der Waals surface area contributed by atoms with Crippen molar-refractivity contribution in [3.63, 3.8) is 0 Å². The molecule has 5 rings (SSSR count). The van der Waals surface area contributed by atoms with Crippen molar-refractivity contribution >= 4 is 34.5 Å². The van der Waals surface area contributed by atoms with E-state index in [0.717, 1.165) is 46.3 Å². The lowest BCUT2D eigenvalue weighted by atomic mass is 9.91. The van der Waals surface area contributed by atoms with E-state index < -0.39 is 6.61 Å². The molecule has 0 saturated carbocycles. The summed E-state index contributed by atoms with van der Waals surface area (Å²) in [6.45, 7) is 2.68. The number of aromatic nitrogens is 4. The van der Waals surface area contributed by atoms with Crippen LogP contribution in [0.3, 0.4) is 0 Å². The van der Waals surface area contributed by atoms with Crippen molar-refractivity contribution < 1.29 is 14.3 Å². The molecule has 4 heterocycles. The van der Waals surface area contributed by atoms with Crippen LogP contribution in [0.1, 0.15) is 36.4 Å². The lowest BCUT2D eigenvalue weighted by Crippen LogP contribution is -2.40. The lowest BCUT2D eigenvalue weighted by Gasteiger charge is -2.32. The molecule has 1 unspecified atom stereocenters. The smallest absolute Gasteiger partial charge is 0.248 e. The molecule has 188 valence electrons. The second kappa shape index (κ2) is 9.69. The Balaban J connectivity index is 1.57. The molecule has 0 aromatic carbocycles. The normalized spacial score (nSPS) is 19.9. The van der Waals surface area contributed by atoms with Crippen molar-refractivity contribution in [1.29, 1.82) is 0 Å². The average Bonchev–Trinajstić information content (AvgIpc) is 3.24. The quantitative estimate of drug-likeness (QED) is 0.685. The minimum absolute atomic E-state index is 0.125. The third kappa shape index (κ3) is 4.44. The van der Waals surface area contributed by atoms with Crippen molar-refractivity contribution in [1.82, 2.24) is 24.2 Å². The van der Waals surface area contributed by atoms with Gasteiger partial charge in [0, 0.05) is 68.4 Å². The highest BCUT2D eigenvalue weighted by molar-refractivity contribution is 6.11. The minimum Gasteiger partial charge on any atom is -0.387 e. The first-order valence-corrected chi connectivity index (χ1v) is 12.1. The predicted molar refractivity (Wildman–Crippen MR) is 137 cm³/mol. The molecular weight excluding hydrogens is 461 g/mol. The number of dihydropyridines is 1. The average molecular weight is 492 g/mol. The Morgan fingerprint density at radius 2 is 2.03 bits per heavy atom. The largest absolute Gasteiger partial charge is 0.387 e. The van der Waals surface area contributed by atoms with Gasteiger partial charge < -0.3 is 20.3 Å². The van der Waals surface area contributed by atoms with E-state index in [-0.39, 0.29) is 23.7 Å². The zero-order valence-corrected chi connectivity index (χ0v) is 20.4. The molecule has 2 aliphatic heterocycles. The molecule has 0 radical (unpaired) electrons. The van der Waals surface area contributed by atoms with Gasteiger partial charge in [-0.1, -0.05) is 6.08 Å². The molecule has 1 atom stereocenters. The van der Waals surface area contributed by atoms with Gasteiger partial charge in [0.05, 0.1) is 11.6 Å². The summed E-state index contributed by atoms with van der Waals surface area (Å²) in [6, 6.07) is 0.135. The van der Waals surface area contributed by atoms with Crippen LogP contribution in [-0.2, 0) is 11.8 Å². The van der Waals surface area contributed by atoms with E-state index in [0.29, 0.717) is 25.3 Å². The van der Waals surface area contributed by atoms with Crippen LogP contribution in [-0.4, -0.2) is 61.2 Å². The number of aliphatic imine (C=N–C) groups is 1. The maximum absolute atomic E-state index is 13.9. The van der Waals surface area contributed by atoms with Crippen LogP contribution in [0.2, 0.25) is 0 Å². The van der Waals surface area contributed by atoms with Gasteiger partial charge in [-0.05, 0) is 43.1 Å². The second-order valence-electron chi connectivity index (χ2n) is 9.45. The number of fused-ring (bicyclic) bond motifs is 2. The van der Waals surface area contributed by atoms with Crippen LogP contribution in [0.15, 0.2) is 53.3 Å². The van der Waals surface area contributed by atoms with Crippen LogP contribution >= 0.6 is 0 Å². The molecule has 10 heteroatoms. The number of carbonyl (C=O) groups excluding carboxylic acids is 1. The Hall–Kier alpha value is -3.79. The summed E-state index contributed by atoms with van der Waals surface area (Å²) in [7, 11) is 1.79. The molecule has 2 aromatic heterocycles. The van der Waals surface area contributed by atoms with Crippen LogP contribution in [0.5, 0.6) is 0 Å². The van der Waals surface area contributed by atoms with Crippen LogP contribution in [0.4, 0.5) is 10.2 Å². The summed E-state index contributed by atoms with van der Waals surface area (Å²) in [4.78, 5) is 23.0. The standard InChI is InChI=1S/C26H30FN7O2/c1-16-14-34(21-5-7-33(8-6-21)23(36)15-35)26-24(16)25(28)32(2)31-13-19(12-30-26)18-9-17-10-20(27)3-4-22(17)29-11-18/h3-4,9,11-14,17,21,35H,5-8,10,15,28H2,1-2H3. The summed E-state index contributed by atoms with van der Waals surface area (Å²) in [5.41, 5.74) is 10.6. The molecule has 1 fully saturated rings. The van der Waals surface area contributed by atoms with Crippen LogP contribution in [0, 0.1) is 12.8 Å². The summed E-state index contributed by atoms with van der Waals surface area (Å²) < 4.78 is 17.6. The summed E-state index contributed by atoms with van der Waals surface area (Å²) in [6.07, 6.45) is 14.2. The number of hydrogen-bond donors (Lipinski definition) is 2. The number of nitrogens with zero attached hydrogens (tertiary/aromatic N) is 6. The minimum atomic E-state index is -0.469. The first-order valence-electron chi connectivity index (χ1n) is 12.1. The molecule has 1 saturated heterocycles. The van der Waals surface area contributed by atoms with Gasteiger partial charge in [0.2, 0.25) is 5.91 Å². The van der Waals surface area contributed by atoms with E-state index >= 15 is 0 Å². The Labute approximate surface area is 208 Å². The molecule has 0 spiro atoms. The molecule has 9 nitrogen and oxygen atoms in total. The fourth-order valence-electron chi connectivity index (χ4n) is 5.09. The van der Waals surface area contributed by atoms with E-state index in [1.165, 1.54) is 6.08 Å². The number of hydrogen-bond acceptors (Lipinski definition) is 6. The van der Waals surface area contributed by atoms with E-state index in [2.05, 4.69) is 20.9 Å². The van der Waals surface area contributed by atoms with Gasteiger partial charge in [0.25, 0.3) is 0 Å². The van der Waals surface area contributed by atoms with Crippen molar-refractivity contribution in [3.8, 4) is 0 Å². The number of allylic oxidation sites excluding steroid dienone is 5. The number of halogens is 1. The Morgan fingerprint density at radius 1 is 1.25 bits per heavy atom. The second-order valence-corrected chi connectivity index (χ2v) is 9.45. The maximum Gasteiger partial charge on any atom is 0.248 e. The number of nitrogen functional groups attached to an aromatic ring is 1. The van der Waals surface area contributed by atoms with Crippen LogP contribution in [0.25, 0.3) is 16.6 Å². The first kappa shape index (κ1) is 23.9. The molecule has 1 aliphatic carbocycles. The van der Waals surface area contributed by atoms with Gasteiger partial charge in [0.1, 0.15) is 23.9 Å². The number of amides is 1. The first-order chi connectivity index (χ1) is 17.4. The third-order valence-corrected chi connectivity index (χ3v) is 7.14. The molecule has 2 aromatic rings. The zero-order chi connectivity index (χ0) is 25.4. The van der Waals surface area contributed by atoms with Crippen LogP contribution < -0.4 is 5.73 Å². The van der Waals surface area contributed by atoms with Crippen molar-refractivity contribution in [2.24, 2.45) is 18.0 Å². The summed E-state index contributed by atoms with van der Waals surface area (Å²) in [5, 5.41) is 14.5. The van der Waals surface area contributed by atoms with Gasteiger partial charge in [-0.3, -0.25) is 14.5 Å². The molecule has 3 N–H and O–H groups in total. The van der Waals surface area contributed by atoms with Crippen molar-refractivity contribution in [2.45, 2.75) is 32.2 Å². The highest BCUT2D eigenvalue weighted by atomic mass is 19.1. The van der Waals surface area contributed by atoms with Gasteiger partial charge in [-0.15, -0.1) is 0 Å². The highest BCUT2D eigenvalue weighted by Crippen LogP contribution is 2.34. The highest BCUT2D eigenvalue weighted by Gasteiger charge is 2.26. The molecule has 36 heavy (non-hydrogen) atoms. The number of nitrogens with two attached hydrogens (primary N) is 1. The topological polar surface area (TPSA) is 115 Å². The molecule has 1 amide bonds. The van der Waals surface area contributed by atoms with E-state index in [1.807, 2.05) is 13.0 Å². The monoisotopic (exact) mass is 491 g/mol. The number of aryl methyl sites for hydroxylation is 2. The predicted octanol–water partition coefficient (Wildman–Crippen LogP) is 3.17. The number of anilines is 1. The number of carbonyl (C=O) groups is 1. The number of piperidine rings is 1. The van der Waals surface area contributed by atoms with E-state index in [1.54, 1.807) is 41.3 Å². The molecular formula is C26H30FN7O2. The van der Waals surface area contributed by atoms with Gasteiger partial charge in [-0.2, -0.15) is 5.10 Å². The summed E-state index contributed by atoms with van der Waals surface area (Å²) >= 11 is 0.